The molecule has 0 saturated carbocycles. The summed E-state index contributed by atoms with van der Waals surface area (Å²) in [6, 6.07) is 7.95. The van der Waals surface area contributed by atoms with Crippen molar-refractivity contribution in [3.63, 3.8) is 0 Å². The zero-order valence-corrected chi connectivity index (χ0v) is 9.83. The Morgan fingerprint density at radius 1 is 1.33 bits per heavy atom. The number of carbonyl (C=O) groups is 2. The van der Waals surface area contributed by atoms with Crippen molar-refractivity contribution in [3.05, 3.63) is 35.2 Å². The molecular formula is C11H13N3O4. The van der Waals surface area contributed by atoms with Crippen molar-refractivity contribution in [2.75, 3.05) is 18.5 Å². The predicted molar refractivity (Wildman–Crippen MR) is 64.6 cm³/mol. The third-order valence-electron chi connectivity index (χ3n) is 1.97. The second-order valence-electron chi connectivity index (χ2n) is 3.34. The zero-order chi connectivity index (χ0) is 13.4. The van der Waals surface area contributed by atoms with Crippen LogP contribution in [0.25, 0.3) is 0 Å². The van der Waals surface area contributed by atoms with Crippen LogP contribution in [-0.2, 0) is 9.53 Å². The molecule has 0 bridgehead atoms. The maximum Gasteiger partial charge on any atom is 0.344 e. The summed E-state index contributed by atoms with van der Waals surface area (Å²) < 4.78 is 4.62. The molecule has 2 amide bonds. The van der Waals surface area contributed by atoms with Crippen LogP contribution in [0.15, 0.2) is 35.6 Å². The number of carbonyl (C=O) groups excluding carboxylic acids is 2. The molecule has 0 aromatic heterocycles. The first-order chi connectivity index (χ1) is 8.63. The predicted octanol–water partition coefficient (Wildman–Crippen LogP) is 1.76. The van der Waals surface area contributed by atoms with Crippen molar-refractivity contribution in [2.45, 2.75) is 6.92 Å². The fourth-order valence-corrected chi connectivity index (χ4v) is 1.16. The van der Waals surface area contributed by atoms with E-state index < -0.39 is 12.0 Å². The van der Waals surface area contributed by atoms with Crippen LogP contribution in [0.4, 0.5) is 10.5 Å². The monoisotopic (exact) mass is 251 g/mol. The van der Waals surface area contributed by atoms with Crippen LogP contribution in [0.3, 0.4) is 0 Å². The van der Waals surface area contributed by atoms with Gasteiger partial charge in [0.2, 0.25) is 0 Å². The van der Waals surface area contributed by atoms with Crippen LogP contribution in [0.1, 0.15) is 6.92 Å². The van der Waals surface area contributed by atoms with E-state index in [2.05, 4.69) is 15.3 Å². The van der Waals surface area contributed by atoms with Gasteiger partial charge < -0.3 is 10.1 Å². The van der Waals surface area contributed by atoms with E-state index in [9.17, 15) is 14.5 Å². The number of para-hydroxylation sites is 1. The number of amides is 2. The Balaban J connectivity index is 2.47. The van der Waals surface area contributed by atoms with E-state index in [0.29, 0.717) is 10.7 Å². The molecule has 0 atom stereocenters. The molecule has 0 spiro atoms. The summed E-state index contributed by atoms with van der Waals surface area (Å²) in [4.78, 5) is 32.6. The molecule has 0 aliphatic rings. The number of benzene rings is 1. The molecule has 96 valence electrons. The van der Waals surface area contributed by atoms with Gasteiger partial charge in [-0.1, -0.05) is 18.2 Å². The van der Waals surface area contributed by atoms with Crippen molar-refractivity contribution in [2.24, 2.45) is 5.29 Å². The zero-order valence-electron chi connectivity index (χ0n) is 9.83. The van der Waals surface area contributed by atoms with Gasteiger partial charge in [-0.05, 0) is 12.1 Å². The Labute approximate surface area is 104 Å². The first-order valence-electron chi connectivity index (χ1n) is 5.23. The lowest BCUT2D eigenvalue weighted by Crippen LogP contribution is -2.33. The van der Waals surface area contributed by atoms with Crippen LogP contribution in [0.2, 0.25) is 0 Å². The number of ether oxygens (including phenoxy) is 1. The minimum absolute atomic E-state index is 0.0801. The molecule has 0 saturated heterocycles. The highest BCUT2D eigenvalue weighted by Gasteiger charge is 2.14. The van der Waals surface area contributed by atoms with Gasteiger partial charge >= 0.3 is 12.0 Å². The van der Waals surface area contributed by atoms with Gasteiger partial charge in [-0.15, -0.1) is 4.91 Å². The Morgan fingerprint density at radius 2 is 2.00 bits per heavy atom. The molecular weight excluding hydrogens is 238 g/mol. The van der Waals surface area contributed by atoms with Crippen LogP contribution < -0.4 is 5.32 Å². The molecule has 7 nitrogen and oxygen atoms in total. The average molecular weight is 251 g/mol. The third-order valence-corrected chi connectivity index (χ3v) is 1.97. The van der Waals surface area contributed by atoms with Gasteiger partial charge in [0.15, 0.2) is 0 Å². The fourth-order valence-electron chi connectivity index (χ4n) is 1.16. The van der Waals surface area contributed by atoms with Gasteiger partial charge in [0, 0.05) is 12.6 Å². The van der Waals surface area contributed by atoms with Crippen LogP contribution in [-0.4, -0.2) is 30.2 Å². The second-order valence-corrected chi connectivity index (χ2v) is 3.34. The molecule has 1 N–H and O–H groups in total. The van der Waals surface area contributed by atoms with E-state index in [4.69, 9.17) is 0 Å². The van der Waals surface area contributed by atoms with E-state index in [1.165, 1.54) is 6.92 Å². The first-order valence-corrected chi connectivity index (χ1v) is 5.23. The van der Waals surface area contributed by atoms with Crippen LogP contribution >= 0.6 is 0 Å². The molecule has 0 unspecified atom stereocenters. The minimum atomic E-state index is -0.677. The van der Waals surface area contributed by atoms with Crippen LogP contribution in [0.5, 0.6) is 0 Å². The summed E-state index contributed by atoms with van der Waals surface area (Å²) in [5.41, 5.74) is 0.545. The van der Waals surface area contributed by atoms with Crippen molar-refractivity contribution in [1.82, 2.24) is 5.01 Å². The van der Waals surface area contributed by atoms with Crippen LogP contribution in [0, 0.1) is 4.91 Å². The first kappa shape index (κ1) is 13.6. The number of anilines is 1. The van der Waals surface area contributed by atoms with Gasteiger partial charge in [-0.2, -0.15) is 5.01 Å². The number of nitrogens with one attached hydrogen (secondary N) is 1. The summed E-state index contributed by atoms with van der Waals surface area (Å²) in [6.07, 6.45) is 0. The number of nitroso groups, excluding NO2 is 1. The maximum atomic E-state index is 11.6. The van der Waals surface area contributed by atoms with E-state index in [-0.39, 0.29) is 13.2 Å². The summed E-state index contributed by atoms with van der Waals surface area (Å²) in [6.45, 7) is 1.06. The molecule has 0 aliphatic heterocycles. The lowest BCUT2D eigenvalue weighted by molar-refractivity contribution is -0.141. The smallest absolute Gasteiger partial charge is 0.344 e. The molecule has 1 aromatic carbocycles. The summed E-state index contributed by atoms with van der Waals surface area (Å²) in [5.74, 6) is -0.482. The molecule has 0 aliphatic carbocycles. The maximum absolute atomic E-state index is 11.6. The molecule has 1 rings (SSSR count). The standard InChI is InChI=1S/C11H13N3O4/c1-9(15)18-8-7-14(13-17)11(16)12-10-5-3-2-4-6-10/h2-6H,7-8H2,1H3,(H,12,16). The molecule has 18 heavy (non-hydrogen) atoms. The normalized spacial score (nSPS) is 9.39. The third kappa shape index (κ3) is 4.60. The quantitative estimate of drug-likeness (QED) is 0.490. The van der Waals surface area contributed by atoms with Crippen molar-refractivity contribution >= 4 is 17.7 Å². The highest BCUT2D eigenvalue weighted by atomic mass is 16.5. The topological polar surface area (TPSA) is 88.1 Å². The van der Waals surface area contributed by atoms with Gasteiger partial charge in [-0.25, -0.2) is 4.79 Å². The summed E-state index contributed by atoms with van der Waals surface area (Å²) in [5, 5.41) is 5.69. The number of nitrogens with zero attached hydrogens (tertiary/aromatic N) is 2. The lowest BCUT2D eigenvalue weighted by atomic mass is 10.3. The average Bonchev–Trinajstić information content (AvgIpc) is 2.35. The second kappa shape index (κ2) is 7.00. The van der Waals surface area contributed by atoms with E-state index in [1.807, 2.05) is 0 Å². The Morgan fingerprint density at radius 3 is 2.56 bits per heavy atom. The number of urea groups is 1. The molecule has 7 heteroatoms. The van der Waals surface area contributed by atoms with E-state index in [1.54, 1.807) is 30.3 Å². The summed E-state index contributed by atoms with van der Waals surface area (Å²) >= 11 is 0. The summed E-state index contributed by atoms with van der Waals surface area (Å²) in [7, 11) is 0. The number of hydrogen-bond donors (Lipinski definition) is 1. The van der Waals surface area contributed by atoms with Gasteiger partial charge in [0.1, 0.15) is 6.61 Å². The van der Waals surface area contributed by atoms with Gasteiger partial charge in [-0.3, -0.25) is 4.79 Å². The van der Waals surface area contributed by atoms with Crippen molar-refractivity contribution < 1.29 is 14.3 Å². The molecule has 1 aromatic rings. The number of rotatable bonds is 5. The van der Waals surface area contributed by atoms with E-state index in [0.717, 1.165) is 0 Å². The van der Waals surface area contributed by atoms with Crippen molar-refractivity contribution in [3.8, 4) is 0 Å². The number of hydrogen-bond acceptors (Lipinski definition) is 5. The van der Waals surface area contributed by atoms with Gasteiger partial charge in [0.05, 0.1) is 11.8 Å². The molecule has 0 heterocycles. The molecule has 0 radical (unpaired) electrons. The van der Waals surface area contributed by atoms with Crippen molar-refractivity contribution in [1.29, 1.82) is 0 Å². The Hall–Kier alpha value is -2.44. The number of esters is 1. The molecule has 0 fully saturated rings. The minimum Gasteiger partial charge on any atom is -0.464 e. The van der Waals surface area contributed by atoms with Gasteiger partial charge in [0.25, 0.3) is 0 Å². The Kier molecular flexibility index (Phi) is 5.30. The highest BCUT2D eigenvalue weighted by molar-refractivity contribution is 5.88. The fraction of sp³-hybridized carbons (Fsp3) is 0.273. The lowest BCUT2D eigenvalue weighted by Gasteiger charge is -2.14. The SMILES string of the molecule is CC(=O)OCCN(N=O)C(=O)Nc1ccccc1. The largest absolute Gasteiger partial charge is 0.464 e. The Bertz CT molecular complexity index is 422. The highest BCUT2D eigenvalue weighted by Crippen LogP contribution is 2.06. The van der Waals surface area contributed by atoms with E-state index >= 15 is 0 Å².